The van der Waals surface area contributed by atoms with Crippen LogP contribution in [0.5, 0.6) is 0 Å². The summed E-state index contributed by atoms with van der Waals surface area (Å²) in [5.74, 6) is 0.874. The van der Waals surface area contributed by atoms with E-state index in [9.17, 15) is 0 Å². The lowest BCUT2D eigenvalue weighted by atomic mass is 9.84. The predicted molar refractivity (Wildman–Crippen MR) is 55.8 cm³/mol. The summed E-state index contributed by atoms with van der Waals surface area (Å²) in [5, 5.41) is 12.1. The SMILES string of the molecule is CC1CCN(C2(CC#N)CNC2)CC1. The molecular weight excluding hydrogens is 174 g/mol. The molecule has 3 nitrogen and oxygen atoms in total. The Morgan fingerprint density at radius 2 is 2.07 bits per heavy atom. The van der Waals surface area contributed by atoms with Gasteiger partial charge in [-0.15, -0.1) is 0 Å². The summed E-state index contributed by atoms with van der Waals surface area (Å²) in [6.45, 7) is 6.71. The smallest absolute Gasteiger partial charge is 0.0642 e. The van der Waals surface area contributed by atoms with Crippen LogP contribution in [0.1, 0.15) is 26.2 Å². The first-order valence-corrected chi connectivity index (χ1v) is 5.59. The maximum Gasteiger partial charge on any atom is 0.0642 e. The Morgan fingerprint density at radius 1 is 1.43 bits per heavy atom. The molecule has 0 amide bonds. The van der Waals surface area contributed by atoms with Gasteiger partial charge >= 0.3 is 0 Å². The molecule has 2 rings (SSSR count). The standard InChI is InChI=1S/C11H19N3/c1-10-2-6-14(7-3-10)11(4-5-12)8-13-9-11/h10,13H,2-4,6-9H2,1H3. The number of nitrogens with zero attached hydrogens (tertiary/aromatic N) is 2. The highest BCUT2D eigenvalue weighted by atomic mass is 15.3. The van der Waals surface area contributed by atoms with Crippen LogP contribution in [0.4, 0.5) is 0 Å². The van der Waals surface area contributed by atoms with E-state index in [1.54, 1.807) is 0 Å². The van der Waals surface area contributed by atoms with Gasteiger partial charge in [0, 0.05) is 13.1 Å². The van der Waals surface area contributed by atoms with Crippen LogP contribution in [-0.4, -0.2) is 36.6 Å². The summed E-state index contributed by atoms with van der Waals surface area (Å²) in [4.78, 5) is 2.53. The largest absolute Gasteiger partial charge is 0.313 e. The Balaban J connectivity index is 1.96. The highest BCUT2D eigenvalue weighted by Crippen LogP contribution is 2.29. The number of rotatable bonds is 2. The fraction of sp³-hybridized carbons (Fsp3) is 0.909. The predicted octanol–water partition coefficient (Wildman–Crippen LogP) is 0.974. The number of hydrogen-bond donors (Lipinski definition) is 1. The van der Waals surface area contributed by atoms with Gasteiger partial charge in [0.05, 0.1) is 18.0 Å². The summed E-state index contributed by atoms with van der Waals surface area (Å²) in [5.41, 5.74) is 0.189. The Hall–Kier alpha value is -0.590. The Labute approximate surface area is 86.1 Å². The van der Waals surface area contributed by atoms with E-state index in [1.165, 1.54) is 25.9 Å². The maximum absolute atomic E-state index is 8.85. The number of piperidine rings is 1. The summed E-state index contributed by atoms with van der Waals surface area (Å²) in [7, 11) is 0. The zero-order valence-corrected chi connectivity index (χ0v) is 8.92. The van der Waals surface area contributed by atoms with Crippen molar-refractivity contribution in [1.29, 1.82) is 5.26 Å². The molecule has 0 aromatic carbocycles. The molecule has 0 radical (unpaired) electrons. The normalized spacial score (nSPS) is 28.0. The van der Waals surface area contributed by atoms with Gasteiger partial charge in [0.2, 0.25) is 0 Å². The molecule has 2 aliphatic heterocycles. The highest BCUT2D eigenvalue weighted by molar-refractivity contribution is 5.07. The van der Waals surface area contributed by atoms with Gasteiger partial charge in [0.1, 0.15) is 0 Å². The third kappa shape index (κ3) is 1.65. The lowest BCUT2D eigenvalue weighted by Gasteiger charge is -2.51. The van der Waals surface area contributed by atoms with E-state index >= 15 is 0 Å². The molecule has 2 aliphatic rings. The second-order valence-corrected chi connectivity index (χ2v) is 4.83. The van der Waals surface area contributed by atoms with Crippen LogP contribution in [0.25, 0.3) is 0 Å². The maximum atomic E-state index is 8.85. The Bertz CT molecular complexity index is 231. The molecule has 78 valence electrons. The first-order chi connectivity index (χ1) is 6.77. The molecule has 14 heavy (non-hydrogen) atoms. The van der Waals surface area contributed by atoms with Crippen LogP contribution in [-0.2, 0) is 0 Å². The van der Waals surface area contributed by atoms with Gasteiger partial charge in [-0.25, -0.2) is 0 Å². The molecule has 3 heteroatoms. The average molecular weight is 193 g/mol. The van der Waals surface area contributed by atoms with Crippen molar-refractivity contribution in [2.75, 3.05) is 26.2 Å². The minimum absolute atomic E-state index is 0.189. The van der Waals surface area contributed by atoms with E-state index in [1.807, 2.05) is 0 Å². The summed E-state index contributed by atoms with van der Waals surface area (Å²) in [6, 6.07) is 2.34. The fourth-order valence-corrected chi connectivity index (χ4v) is 2.50. The first-order valence-electron chi connectivity index (χ1n) is 5.59. The molecule has 0 atom stereocenters. The number of nitrogens with one attached hydrogen (secondary N) is 1. The van der Waals surface area contributed by atoms with Crippen molar-refractivity contribution < 1.29 is 0 Å². The van der Waals surface area contributed by atoms with Gasteiger partial charge in [0.25, 0.3) is 0 Å². The van der Waals surface area contributed by atoms with Crippen LogP contribution >= 0.6 is 0 Å². The van der Waals surface area contributed by atoms with E-state index in [0.717, 1.165) is 19.0 Å². The quantitative estimate of drug-likeness (QED) is 0.710. The molecule has 0 aliphatic carbocycles. The minimum atomic E-state index is 0.189. The van der Waals surface area contributed by atoms with E-state index in [4.69, 9.17) is 5.26 Å². The van der Waals surface area contributed by atoms with Gasteiger partial charge in [-0.1, -0.05) is 6.92 Å². The molecule has 0 spiro atoms. The van der Waals surface area contributed by atoms with Gasteiger partial charge < -0.3 is 5.32 Å². The molecule has 0 unspecified atom stereocenters. The molecule has 2 fully saturated rings. The van der Waals surface area contributed by atoms with Crippen molar-refractivity contribution in [3.8, 4) is 6.07 Å². The molecular formula is C11H19N3. The van der Waals surface area contributed by atoms with E-state index in [-0.39, 0.29) is 5.54 Å². The average Bonchev–Trinajstić information content (AvgIpc) is 2.13. The van der Waals surface area contributed by atoms with Crippen LogP contribution in [0.2, 0.25) is 0 Å². The molecule has 0 bridgehead atoms. The summed E-state index contributed by atoms with van der Waals surface area (Å²) in [6.07, 6.45) is 3.29. The molecule has 1 N–H and O–H groups in total. The highest BCUT2D eigenvalue weighted by Gasteiger charge is 2.42. The number of hydrogen-bond acceptors (Lipinski definition) is 3. The zero-order valence-electron chi connectivity index (χ0n) is 8.92. The lowest BCUT2D eigenvalue weighted by Crippen LogP contribution is -2.69. The van der Waals surface area contributed by atoms with Crippen LogP contribution < -0.4 is 5.32 Å². The molecule has 2 heterocycles. The van der Waals surface area contributed by atoms with Gasteiger partial charge in [-0.3, -0.25) is 4.90 Å². The van der Waals surface area contributed by atoms with Gasteiger partial charge in [-0.05, 0) is 31.8 Å². The van der Waals surface area contributed by atoms with Gasteiger partial charge in [-0.2, -0.15) is 5.26 Å². The summed E-state index contributed by atoms with van der Waals surface area (Å²) < 4.78 is 0. The first kappa shape index (κ1) is 9.95. The monoisotopic (exact) mass is 193 g/mol. The third-order valence-electron chi connectivity index (χ3n) is 3.77. The third-order valence-corrected chi connectivity index (χ3v) is 3.77. The second kappa shape index (κ2) is 3.88. The van der Waals surface area contributed by atoms with Crippen molar-refractivity contribution >= 4 is 0 Å². The van der Waals surface area contributed by atoms with Crippen molar-refractivity contribution in [3.63, 3.8) is 0 Å². The second-order valence-electron chi connectivity index (χ2n) is 4.83. The van der Waals surface area contributed by atoms with Crippen molar-refractivity contribution in [2.45, 2.75) is 31.7 Å². The van der Waals surface area contributed by atoms with Crippen molar-refractivity contribution in [2.24, 2.45) is 5.92 Å². The lowest BCUT2D eigenvalue weighted by molar-refractivity contribution is 0.0152. The number of nitriles is 1. The fourth-order valence-electron chi connectivity index (χ4n) is 2.50. The van der Waals surface area contributed by atoms with Crippen molar-refractivity contribution in [1.82, 2.24) is 10.2 Å². The molecule has 0 aromatic heterocycles. The van der Waals surface area contributed by atoms with E-state index in [2.05, 4.69) is 23.2 Å². The number of likely N-dealkylation sites (tertiary alicyclic amines) is 1. The van der Waals surface area contributed by atoms with Crippen LogP contribution in [0.3, 0.4) is 0 Å². The minimum Gasteiger partial charge on any atom is -0.313 e. The Morgan fingerprint density at radius 3 is 2.50 bits per heavy atom. The Kier molecular flexibility index (Phi) is 2.76. The van der Waals surface area contributed by atoms with Crippen LogP contribution in [0, 0.1) is 17.2 Å². The van der Waals surface area contributed by atoms with E-state index < -0.39 is 0 Å². The molecule has 0 aromatic rings. The topological polar surface area (TPSA) is 39.1 Å². The summed E-state index contributed by atoms with van der Waals surface area (Å²) >= 11 is 0. The molecule has 2 saturated heterocycles. The zero-order chi connectivity index (χ0) is 10.0. The van der Waals surface area contributed by atoms with Gasteiger partial charge in [0.15, 0.2) is 0 Å². The van der Waals surface area contributed by atoms with E-state index in [0.29, 0.717) is 6.42 Å². The molecule has 0 saturated carbocycles. The van der Waals surface area contributed by atoms with Crippen molar-refractivity contribution in [3.05, 3.63) is 0 Å². The van der Waals surface area contributed by atoms with Crippen LogP contribution in [0.15, 0.2) is 0 Å².